The molecule has 0 saturated carbocycles. The second-order valence-corrected chi connectivity index (χ2v) is 8.41. The number of anilines is 1. The van der Waals surface area contributed by atoms with E-state index in [1.165, 1.54) is 21.1 Å². The first-order valence-electron chi connectivity index (χ1n) is 9.25. The van der Waals surface area contributed by atoms with E-state index < -0.39 is 15.9 Å². The van der Waals surface area contributed by atoms with Crippen LogP contribution in [0.5, 0.6) is 0 Å². The second kappa shape index (κ2) is 8.58. The lowest BCUT2D eigenvalue weighted by atomic mass is 10.3. The van der Waals surface area contributed by atoms with Gasteiger partial charge in [-0.05, 0) is 23.8 Å². The zero-order valence-electron chi connectivity index (χ0n) is 16.6. The molecule has 9 nitrogen and oxygen atoms in total. The molecule has 3 heterocycles. The van der Waals surface area contributed by atoms with Crippen LogP contribution in [0.1, 0.15) is 29.9 Å². The summed E-state index contributed by atoms with van der Waals surface area (Å²) in [4.78, 5) is 16.7. The van der Waals surface area contributed by atoms with Crippen molar-refractivity contribution >= 4 is 21.7 Å². The number of aromatic nitrogens is 4. The van der Waals surface area contributed by atoms with Crippen LogP contribution < -0.4 is 5.32 Å². The van der Waals surface area contributed by atoms with Crippen LogP contribution in [-0.2, 0) is 23.6 Å². The molecule has 0 radical (unpaired) electrons. The maximum absolute atomic E-state index is 12.7. The number of rotatable bonds is 8. The molecule has 0 bridgehead atoms. The van der Waals surface area contributed by atoms with Crippen LogP contribution in [0.4, 0.5) is 5.82 Å². The van der Waals surface area contributed by atoms with Crippen molar-refractivity contribution in [1.29, 1.82) is 0 Å². The van der Waals surface area contributed by atoms with E-state index in [2.05, 4.69) is 15.4 Å². The summed E-state index contributed by atoms with van der Waals surface area (Å²) in [6.07, 6.45) is 6.63. The third-order valence-corrected chi connectivity index (χ3v) is 6.55. The van der Waals surface area contributed by atoms with E-state index in [0.717, 1.165) is 5.56 Å². The highest BCUT2D eigenvalue weighted by Gasteiger charge is 2.25. The van der Waals surface area contributed by atoms with Crippen molar-refractivity contribution in [3.8, 4) is 0 Å². The molecule has 3 rings (SSSR count). The van der Waals surface area contributed by atoms with Crippen LogP contribution in [0.3, 0.4) is 0 Å². The minimum Gasteiger partial charge on any atom is -0.345 e. The van der Waals surface area contributed by atoms with Gasteiger partial charge in [-0.3, -0.25) is 14.5 Å². The highest BCUT2D eigenvalue weighted by atomic mass is 32.2. The number of carbonyl (C=O) groups excluding carboxylic acids is 1. The van der Waals surface area contributed by atoms with E-state index >= 15 is 0 Å². The Kier molecular flexibility index (Phi) is 6.14. The number of hydrogen-bond donors (Lipinski definition) is 1. The number of nitrogens with zero attached hydrogens (tertiary/aromatic N) is 5. The molecule has 1 amide bonds. The molecular weight excluding hydrogens is 392 g/mol. The van der Waals surface area contributed by atoms with E-state index in [1.807, 2.05) is 12.1 Å². The summed E-state index contributed by atoms with van der Waals surface area (Å²) in [7, 11) is -1.99. The lowest BCUT2D eigenvalue weighted by molar-refractivity contribution is 0.101. The van der Waals surface area contributed by atoms with Crippen molar-refractivity contribution in [2.24, 2.45) is 7.05 Å². The van der Waals surface area contributed by atoms with Gasteiger partial charge in [0.25, 0.3) is 5.91 Å². The molecule has 0 saturated heterocycles. The fraction of sp³-hybridized carbons (Fsp3) is 0.316. The van der Waals surface area contributed by atoms with Crippen LogP contribution in [-0.4, -0.2) is 51.1 Å². The lowest BCUT2D eigenvalue weighted by Crippen LogP contribution is -2.30. The van der Waals surface area contributed by atoms with Crippen LogP contribution >= 0.6 is 0 Å². The molecule has 3 aromatic rings. The summed E-state index contributed by atoms with van der Waals surface area (Å²) in [5, 5.41) is 7.05. The van der Waals surface area contributed by atoms with Crippen LogP contribution in [0.2, 0.25) is 0 Å². The Morgan fingerprint density at radius 3 is 2.52 bits per heavy atom. The van der Waals surface area contributed by atoms with Gasteiger partial charge in [0, 0.05) is 51.0 Å². The maximum Gasteiger partial charge on any atom is 0.273 e. The Hall–Kier alpha value is -2.98. The smallest absolute Gasteiger partial charge is 0.273 e. The van der Waals surface area contributed by atoms with Crippen LogP contribution in [0.15, 0.2) is 53.9 Å². The number of carbonyl (C=O) groups is 1. The van der Waals surface area contributed by atoms with Gasteiger partial charge >= 0.3 is 0 Å². The van der Waals surface area contributed by atoms with Gasteiger partial charge in [-0.15, -0.1) is 0 Å². The first-order chi connectivity index (χ1) is 13.8. The van der Waals surface area contributed by atoms with E-state index in [9.17, 15) is 13.2 Å². The summed E-state index contributed by atoms with van der Waals surface area (Å²) >= 11 is 0. The van der Waals surface area contributed by atoms with Gasteiger partial charge in [0.05, 0.1) is 6.54 Å². The van der Waals surface area contributed by atoms with Gasteiger partial charge in [0.15, 0.2) is 5.82 Å². The predicted molar refractivity (Wildman–Crippen MR) is 109 cm³/mol. The van der Waals surface area contributed by atoms with Crippen molar-refractivity contribution in [3.05, 3.63) is 60.3 Å². The normalized spacial score (nSPS) is 11.7. The highest BCUT2D eigenvalue weighted by Crippen LogP contribution is 2.19. The molecule has 0 fully saturated rings. The standard InChI is InChI=1S/C19H24N6O3S/c1-4-25(5-2)29(27,28)16-12-17(23(3)14-16)19(26)21-18-8-11-24(22-18)13-15-6-9-20-10-7-15/h6-12,14H,4-5,13H2,1-3H3,(H,21,22,26). The Morgan fingerprint density at radius 1 is 1.17 bits per heavy atom. The van der Waals surface area contributed by atoms with Crippen molar-refractivity contribution in [3.63, 3.8) is 0 Å². The first-order valence-corrected chi connectivity index (χ1v) is 10.7. The summed E-state index contributed by atoms with van der Waals surface area (Å²) in [6.45, 7) is 4.84. The molecule has 0 unspecified atom stereocenters. The SMILES string of the molecule is CCN(CC)S(=O)(=O)c1cc(C(=O)Nc2ccn(Cc3ccncc3)n2)n(C)c1. The first kappa shape index (κ1) is 20.7. The van der Waals surface area contributed by atoms with Gasteiger partial charge in [-0.2, -0.15) is 9.40 Å². The zero-order chi connectivity index (χ0) is 21.0. The molecule has 154 valence electrons. The van der Waals surface area contributed by atoms with E-state index in [-0.39, 0.29) is 10.6 Å². The summed E-state index contributed by atoms with van der Waals surface area (Å²) < 4.78 is 29.9. The molecule has 0 aliphatic carbocycles. The second-order valence-electron chi connectivity index (χ2n) is 6.47. The Labute approximate surface area is 170 Å². The van der Waals surface area contributed by atoms with Crippen molar-refractivity contribution in [2.45, 2.75) is 25.3 Å². The minimum atomic E-state index is -3.63. The third-order valence-electron chi connectivity index (χ3n) is 4.53. The third kappa shape index (κ3) is 4.54. The molecule has 3 aromatic heterocycles. The fourth-order valence-electron chi connectivity index (χ4n) is 2.99. The van der Waals surface area contributed by atoms with Crippen molar-refractivity contribution < 1.29 is 13.2 Å². The average molecular weight is 417 g/mol. The Balaban J connectivity index is 1.74. The molecule has 0 spiro atoms. The van der Waals surface area contributed by atoms with E-state index in [1.54, 1.807) is 50.2 Å². The number of sulfonamides is 1. The summed E-state index contributed by atoms with van der Waals surface area (Å²) in [5.41, 5.74) is 1.27. The molecule has 0 atom stereocenters. The Bertz CT molecular complexity index is 1080. The van der Waals surface area contributed by atoms with Gasteiger partial charge in [-0.25, -0.2) is 8.42 Å². The number of pyridine rings is 1. The van der Waals surface area contributed by atoms with Crippen molar-refractivity contribution in [2.75, 3.05) is 18.4 Å². The molecule has 29 heavy (non-hydrogen) atoms. The monoisotopic (exact) mass is 416 g/mol. The highest BCUT2D eigenvalue weighted by molar-refractivity contribution is 7.89. The number of amides is 1. The van der Waals surface area contributed by atoms with Gasteiger partial charge < -0.3 is 9.88 Å². The Morgan fingerprint density at radius 2 is 1.86 bits per heavy atom. The predicted octanol–water partition coefficient (Wildman–Crippen LogP) is 1.95. The molecular formula is C19H24N6O3S. The maximum atomic E-state index is 12.7. The molecule has 10 heteroatoms. The van der Waals surface area contributed by atoms with E-state index in [4.69, 9.17) is 0 Å². The van der Waals surface area contributed by atoms with Gasteiger partial charge in [0.1, 0.15) is 10.6 Å². The summed E-state index contributed by atoms with van der Waals surface area (Å²) in [6, 6.07) is 6.86. The van der Waals surface area contributed by atoms with Gasteiger partial charge in [0.2, 0.25) is 10.0 Å². The largest absolute Gasteiger partial charge is 0.345 e. The number of hydrogen-bond acceptors (Lipinski definition) is 5. The molecule has 0 aromatic carbocycles. The van der Waals surface area contributed by atoms with Gasteiger partial charge in [-0.1, -0.05) is 13.8 Å². The molecule has 0 aliphatic rings. The average Bonchev–Trinajstić information content (AvgIpc) is 3.30. The van der Waals surface area contributed by atoms with Crippen LogP contribution in [0.25, 0.3) is 0 Å². The lowest BCUT2D eigenvalue weighted by Gasteiger charge is -2.17. The topological polar surface area (TPSA) is 102 Å². The quantitative estimate of drug-likeness (QED) is 0.605. The number of nitrogens with one attached hydrogen (secondary N) is 1. The molecule has 1 N–H and O–H groups in total. The minimum absolute atomic E-state index is 0.0945. The number of aryl methyl sites for hydroxylation is 1. The summed E-state index contributed by atoms with van der Waals surface area (Å²) in [5.74, 6) is -0.0407. The van der Waals surface area contributed by atoms with Crippen LogP contribution in [0, 0.1) is 0 Å². The van der Waals surface area contributed by atoms with Crippen molar-refractivity contribution in [1.82, 2.24) is 23.6 Å². The van der Waals surface area contributed by atoms with E-state index in [0.29, 0.717) is 25.5 Å². The molecule has 0 aliphatic heterocycles. The zero-order valence-corrected chi connectivity index (χ0v) is 17.4. The fourth-order valence-corrected chi connectivity index (χ4v) is 4.52.